The number of nitrogens with zero attached hydrogens (tertiary/aromatic N) is 4. The maximum atomic E-state index is 12.7. The number of ketones is 1. The largest absolute Gasteiger partial charge is 0.624 e. The van der Waals surface area contributed by atoms with Crippen molar-refractivity contribution >= 4 is 12.0 Å². The van der Waals surface area contributed by atoms with Crippen LogP contribution in [0, 0.1) is 10.6 Å². The van der Waals surface area contributed by atoms with Gasteiger partial charge in [0.25, 0.3) is 6.23 Å². The number of carbonyl (C=O) groups excluding carboxylic acids is 1. The molecule has 0 spiro atoms. The zero-order valence-corrected chi connectivity index (χ0v) is 15.2. The van der Waals surface area contributed by atoms with E-state index >= 15 is 0 Å². The maximum Gasteiger partial charge on any atom is 0.267 e. The number of rotatable bonds is 6. The second-order valence-corrected chi connectivity index (χ2v) is 7.09. The van der Waals surface area contributed by atoms with Gasteiger partial charge < -0.3 is 9.94 Å². The molecule has 1 heterocycles. The number of ether oxygens (including phenoxy) is 1. The molecule has 0 unspecified atom stereocenters. The average molecular weight is 344 g/mol. The summed E-state index contributed by atoms with van der Waals surface area (Å²) >= 11 is 0. The summed E-state index contributed by atoms with van der Waals surface area (Å²) in [6.45, 7) is 9.10. The van der Waals surface area contributed by atoms with E-state index in [0.29, 0.717) is 5.75 Å². The molecule has 0 fully saturated rings. The summed E-state index contributed by atoms with van der Waals surface area (Å²) in [6.07, 6.45) is 3.57. The fourth-order valence-corrected chi connectivity index (χ4v) is 1.98. The lowest BCUT2D eigenvalue weighted by Crippen LogP contribution is -2.35. The quantitative estimate of drug-likeness (QED) is 0.348. The summed E-state index contributed by atoms with van der Waals surface area (Å²) in [5, 5.41) is 19.8. The molecule has 1 atom stereocenters. The van der Waals surface area contributed by atoms with Gasteiger partial charge in [-0.15, -0.1) is 4.80 Å². The SMILES string of the molecule is CC(C)/[N+]([O-])=C/c1ccc(O[C@H](C(=O)C(C)(C)C)n2nccn2)cc1. The molecule has 0 aliphatic carbocycles. The lowest BCUT2D eigenvalue weighted by atomic mass is 9.90. The van der Waals surface area contributed by atoms with E-state index in [0.717, 1.165) is 10.3 Å². The lowest BCUT2D eigenvalue weighted by Gasteiger charge is -2.24. The number of hydroxylamine groups is 1. The minimum atomic E-state index is -0.948. The van der Waals surface area contributed by atoms with Gasteiger partial charge in [0.2, 0.25) is 5.78 Å². The fraction of sp³-hybridized carbons (Fsp3) is 0.444. The molecule has 0 saturated heterocycles. The number of Topliss-reactive ketones (excluding diaryl/α,β-unsaturated/α-hetero) is 1. The van der Waals surface area contributed by atoms with E-state index in [-0.39, 0.29) is 11.8 Å². The molecular weight excluding hydrogens is 320 g/mol. The van der Waals surface area contributed by atoms with Gasteiger partial charge in [0.15, 0.2) is 12.3 Å². The Balaban J connectivity index is 2.22. The van der Waals surface area contributed by atoms with E-state index in [1.54, 1.807) is 24.3 Å². The highest BCUT2D eigenvalue weighted by molar-refractivity contribution is 5.86. The Morgan fingerprint density at radius 3 is 2.24 bits per heavy atom. The van der Waals surface area contributed by atoms with Gasteiger partial charge in [-0.1, -0.05) is 20.8 Å². The van der Waals surface area contributed by atoms with Gasteiger partial charge in [-0.3, -0.25) is 4.79 Å². The van der Waals surface area contributed by atoms with Crippen LogP contribution in [0.5, 0.6) is 5.75 Å². The van der Waals surface area contributed by atoms with Crippen LogP contribution >= 0.6 is 0 Å². The first-order chi connectivity index (χ1) is 11.7. The van der Waals surface area contributed by atoms with Crippen LogP contribution in [0.3, 0.4) is 0 Å². The first-order valence-electron chi connectivity index (χ1n) is 8.15. The van der Waals surface area contributed by atoms with Crippen molar-refractivity contribution in [2.24, 2.45) is 5.41 Å². The Labute approximate surface area is 147 Å². The van der Waals surface area contributed by atoms with E-state index in [1.807, 2.05) is 34.6 Å². The van der Waals surface area contributed by atoms with Crippen LogP contribution in [0.15, 0.2) is 36.7 Å². The molecule has 134 valence electrons. The predicted octanol–water partition coefficient (Wildman–Crippen LogP) is 2.81. The highest BCUT2D eigenvalue weighted by Crippen LogP contribution is 2.25. The molecule has 1 aromatic heterocycles. The predicted molar refractivity (Wildman–Crippen MR) is 94.5 cm³/mol. The molecule has 0 bridgehead atoms. The third kappa shape index (κ3) is 4.89. The van der Waals surface area contributed by atoms with Crippen molar-refractivity contribution in [2.75, 3.05) is 0 Å². The van der Waals surface area contributed by atoms with Gasteiger partial charge in [0, 0.05) is 11.0 Å². The number of hydrogen-bond donors (Lipinski definition) is 0. The molecule has 0 amide bonds. The second-order valence-electron chi connectivity index (χ2n) is 7.09. The summed E-state index contributed by atoms with van der Waals surface area (Å²) in [5.41, 5.74) is 0.152. The minimum Gasteiger partial charge on any atom is -0.624 e. The summed E-state index contributed by atoms with van der Waals surface area (Å²) < 4.78 is 6.72. The Bertz CT molecular complexity index is 729. The van der Waals surface area contributed by atoms with Gasteiger partial charge in [0.05, 0.1) is 12.4 Å². The monoisotopic (exact) mass is 344 g/mol. The first kappa shape index (κ1) is 18.6. The van der Waals surface area contributed by atoms with Crippen molar-refractivity contribution in [3.05, 3.63) is 47.4 Å². The molecule has 1 aromatic carbocycles. The molecule has 0 saturated carbocycles. The summed E-state index contributed by atoms with van der Waals surface area (Å²) in [4.78, 5) is 13.9. The summed E-state index contributed by atoms with van der Waals surface area (Å²) in [7, 11) is 0. The first-order valence-corrected chi connectivity index (χ1v) is 8.15. The van der Waals surface area contributed by atoms with Gasteiger partial charge in [-0.05, 0) is 38.1 Å². The third-order valence-corrected chi connectivity index (χ3v) is 3.52. The summed E-state index contributed by atoms with van der Waals surface area (Å²) in [5.74, 6) is 0.365. The van der Waals surface area contributed by atoms with Gasteiger partial charge in [-0.25, -0.2) is 4.74 Å². The van der Waals surface area contributed by atoms with E-state index < -0.39 is 11.6 Å². The van der Waals surface area contributed by atoms with Crippen LogP contribution in [0.25, 0.3) is 0 Å². The van der Waals surface area contributed by atoms with Crippen LogP contribution in [-0.4, -0.2) is 37.8 Å². The number of benzene rings is 1. The van der Waals surface area contributed by atoms with E-state index in [2.05, 4.69) is 10.2 Å². The topological polar surface area (TPSA) is 83.1 Å². The van der Waals surface area contributed by atoms with Crippen molar-refractivity contribution < 1.29 is 14.3 Å². The molecule has 7 heteroatoms. The zero-order valence-electron chi connectivity index (χ0n) is 15.2. The van der Waals surface area contributed by atoms with Crippen LogP contribution in [0.2, 0.25) is 0 Å². The van der Waals surface area contributed by atoms with Gasteiger partial charge in [-0.2, -0.15) is 10.2 Å². The Kier molecular flexibility index (Phi) is 5.56. The molecule has 7 nitrogen and oxygen atoms in total. The molecule has 2 rings (SSSR count). The minimum absolute atomic E-state index is 0.129. The Morgan fingerprint density at radius 2 is 1.76 bits per heavy atom. The van der Waals surface area contributed by atoms with Crippen LogP contribution in [-0.2, 0) is 4.79 Å². The number of aromatic nitrogens is 3. The van der Waals surface area contributed by atoms with Crippen molar-refractivity contribution in [3.63, 3.8) is 0 Å². The van der Waals surface area contributed by atoms with Crippen molar-refractivity contribution in [1.82, 2.24) is 15.0 Å². The van der Waals surface area contributed by atoms with Crippen molar-refractivity contribution in [3.8, 4) is 5.75 Å². The van der Waals surface area contributed by atoms with Crippen molar-refractivity contribution in [2.45, 2.75) is 46.9 Å². The van der Waals surface area contributed by atoms with Crippen molar-refractivity contribution in [1.29, 1.82) is 0 Å². The molecular formula is C18H24N4O3. The third-order valence-electron chi connectivity index (χ3n) is 3.52. The maximum absolute atomic E-state index is 12.7. The Hall–Kier alpha value is -2.70. The smallest absolute Gasteiger partial charge is 0.267 e. The summed E-state index contributed by atoms with van der Waals surface area (Å²) in [6, 6.07) is 6.82. The van der Waals surface area contributed by atoms with Gasteiger partial charge in [0.1, 0.15) is 5.75 Å². The van der Waals surface area contributed by atoms with Gasteiger partial charge >= 0.3 is 0 Å². The number of hydrogen-bond acceptors (Lipinski definition) is 5. The van der Waals surface area contributed by atoms with Crippen LogP contribution in [0.1, 0.15) is 46.4 Å². The normalized spacial score (nSPS) is 13.8. The fourth-order valence-electron chi connectivity index (χ4n) is 1.98. The van der Waals surface area contributed by atoms with E-state index in [1.165, 1.54) is 23.4 Å². The average Bonchev–Trinajstić information content (AvgIpc) is 3.06. The standard InChI is InChI=1S/C18H24N4O3/c1-13(2)21(24)12-14-6-8-15(9-7-14)25-17(16(23)18(3,4)5)22-19-10-11-20-22/h6-13,17H,1-5H3/b21-12-/t17-/m1/s1. The molecule has 2 aromatic rings. The molecule has 0 N–H and O–H groups in total. The highest BCUT2D eigenvalue weighted by Gasteiger charge is 2.33. The Morgan fingerprint density at radius 1 is 1.20 bits per heavy atom. The number of carbonyl (C=O) groups is 1. The molecule has 25 heavy (non-hydrogen) atoms. The molecule has 0 aliphatic heterocycles. The molecule has 0 aliphatic rings. The zero-order chi connectivity index (χ0) is 18.6. The van der Waals surface area contributed by atoms with Crippen LogP contribution in [0.4, 0.5) is 0 Å². The second kappa shape index (κ2) is 7.46. The molecule has 0 radical (unpaired) electrons. The van der Waals surface area contributed by atoms with E-state index in [9.17, 15) is 10.0 Å². The highest BCUT2D eigenvalue weighted by atomic mass is 16.5. The lowest BCUT2D eigenvalue weighted by molar-refractivity contribution is -0.487. The van der Waals surface area contributed by atoms with Crippen LogP contribution < -0.4 is 4.74 Å². The van der Waals surface area contributed by atoms with E-state index in [4.69, 9.17) is 4.74 Å².